The van der Waals surface area contributed by atoms with E-state index in [1.165, 1.54) is 6.33 Å². The number of hydrogen-bond donors (Lipinski definition) is 3. The van der Waals surface area contributed by atoms with Crippen molar-refractivity contribution >= 4 is 28.4 Å². The first kappa shape index (κ1) is 20.8. The molecule has 1 aromatic carbocycles. The second-order valence-corrected chi connectivity index (χ2v) is 7.26. The predicted octanol–water partition coefficient (Wildman–Crippen LogP) is 3.03. The average Bonchev–Trinajstić information content (AvgIpc) is 3.21. The molecular formula is C19H19F4N7O. The van der Waals surface area contributed by atoms with Crippen LogP contribution in [0.25, 0.3) is 11.0 Å². The summed E-state index contributed by atoms with van der Waals surface area (Å²) in [5.74, 6) is -0.710. The minimum absolute atomic E-state index is 0.0586. The Kier molecular flexibility index (Phi) is 5.61. The van der Waals surface area contributed by atoms with Crippen LogP contribution < -0.4 is 10.6 Å². The van der Waals surface area contributed by atoms with Crippen molar-refractivity contribution in [2.75, 3.05) is 30.3 Å². The largest absolute Gasteiger partial charge is 0.416 e. The van der Waals surface area contributed by atoms with E-state index in [1.54, 1.807) is 11.1 Å². The Morgan fingerprint density at radius 1 is 1.26 bits per heavy atom. The van der Waals surface area contributed by atoms with Gasteiger partial charge < -0.3 is 15.5 Å². The lowest BCUT2D eigenvalue weighted by Gasteiger charge is -2.33. The highest BCUT2D eigenvalue weighted by Crippen LogP contribution is 2.31. The number of likely N-dealkylation sites (tertiary alicyclic amines) is 1. The monoisotopic (exact) mass is 437 g/mol. The van der Waals surface area contributed by atoms with Gasteiger partial charge in [-0.1, -0.05) is 0 Å². The summed E-state index contributed by atoms with van der Waals surface area (Å²) in [6, 6.07) is 2.06. The van der Waals surface area contributed by atoms with E-state index < -0.39 is 17.6 Å². The van der Waals surface area contributed by atoms with Gasteiger partial charge in [0.2, 0.25) is 5.91 Å². The van der Waals surface area contributed by atoms with Crippen LogP contribution in [0.1, 0.15) is 18.4 Å². The van der Waals surface area contributed by atoms with E-state index >= 15 is 0 Å². The lowest BCUT2D eigenvalue weighted by atomic mass is 10.1. The predicted molar refractivity (Wildman–Crippen MR) is 105 cm³/mol. The number of hydrogen-bond acceptors (Lipinski definition) is 6. The molecule has 4 rings (SSSR count). The fourth-order valence-corrected chi connectivity index (χ4v) is 3.54. The number of carbonyl (C=O) groups is 1. The van der Waals surface area contributed by atoms with Gasteiger partial charge in [-0.15, -0.1) is 0 Å². The van der Waals surface area contributed by atoms with E-state index in [1.807, 2.05) is 0 Å². The topological polar surface area (TPSA) is 98.8 Å². The lowest BCUT2D eigenvalue weighted by molar-refractivity contribution is -0.137. The zero-order chi connectivity index (χ0) is 22.0. The Hall–Kier alpha value is -3.44. The van der Waals surface area contributed by atoms with Gasteiger partial charge in [-0.25, -0.2) is 14.4 Å². The average molecular weight is 437 g/mol. The third-order valence-corrected chi connectivity index (χ3v) is 5.03. The number of fused-ring (bicyclic) bond motifs is 1. The Balaban J connectivity index is 1.37. The molecule has 2 aromatic heterocycles. The van der Waals surface area contributed by atoms with Gasteiger partial charge >= 0.3 is 6.18 Å². The van der Waals surface area contributed by atoms with E-state index in [4.69, 9.17) is 0 Å². The molecule has 12 heteroatoms. The molecule has 1 aliphatic heterocycles. The summed E-state index contributed by atoms with van der Waals surface area (Å²) in [7, 11) is 0. The molecule has 31 heavy (non-hydrogen) atoms. The molecular weight excluding hydrogens is 418 g/mol. The number of H-pyrrole nitrogens is 1. The molecule has 3 heterocycles. The zero-order valence-corrected chi connectivity index (χ0v) is 16.2. The number of anilines is 2. The molecule has 1 aliphatic rings. The van der Waals surface area contributed by atoms with Crippen molar-refractivity contribution in [2.45, 2.75) is 25.1 Å². The molecule has 0 saturated carbocycles. The van der Waals surface area contributed by atoms with Gasteiger partial charge in [-0.2, -0.15) is 18.3 Å². The highest BCUT2D eigenvalue weighted by atomic mass is 19.4. The van der Waals surface area contributed by atoms with Crippen LogP contribution in [0.5, 0.6) is 0 Å². The minimum Gasteiger partial charge on any atom is -0.376 e. The number of amides is 1. The number of carbonyl (C=O) groups excluding carboxylic acids is 1. The Bertz CT molecular complexity index is 1080. The summed E-state index contributed by atoms with van der Waals surface area (Å²) in [6.45, 7) is 0.689. The maximum Gasteiger partial charge on any atom is 0.416 e. The van der Waals surface area contributed by atoms with E-state index in [9.17, 15) is 22.4 Å². The summed E-state index contributed by atoms with van der Waals surface area (Å²) in [5, 5.41) is 13.3. The normalized spacial score (nSPS) is 17.0. The first-order chi connectivity index (χ1) is 14.8. The Morgan fingerprint density at radius 3 is 2.90 bits per heavy atom. The van der Waals surface area contributed by atoms with Crippen LogP contribution in [0, 0.1) is 5.82 Å². The number of aromatic nitrogens is 4. The standard InChI is InChI=1S/C19H19F4N7O/c20-12-4-11(19(21,22)23)5-14(6-12)24-8-16(31)30-3-1-2-13(9-30)28-17-15-7-27-29-18(15)26-10-25-17/h4-7,10,13,24H,1-3,8-9H2,(H2,25,26,27,28,29)/t13-/m0/s1. The molecule has 164 valence electrons. The van der Waals surface area contributed by atoms with Gasteiger partial charge in [0.25, 0.3) is 0 Å². The number of nitrogens with one attached hydrogen (secondary N) is 3. The summed E-state index contributed by atoms with van der Waals surface area (Å²) in [4.78, 5) is 22.5. The third-order valence-electron chi connectivity index (χ3n) is 5.03. The number of benzene rings is 1. The van der Waals surface area contributed by atoms with Crippen LogP contribution in [-0.4, -0.2) is 56.6 Å². The van der Waals surface area contributed by atoms with Crippen molar-refractivity contribution in [3.05, 3.63) is 42.1 Å². The van der Waals surface area contributed by atoms with E-state index in [2.05, 4.69) is 30.8 Å². The molecule has 8 nitrogen and oxygen atoms in total. The van der Waals surface area contributed by atoms with Crippen LogP contribution in [-0.2, 0) is 11.0 Å². The fraction of sp³-hybridized carbons (Fsp3) is 0.368. The molecule has 3 N–H and O–H groups in total. The number of aromatic amines is 1. The van der Waals surface area contributed by atoms with Gasteiger partial charge in [0, 0.05) is 24.8 Å². The molecule has 3 aromatic rings. The number of halogens is 4. The Morgan fingerprint density at radius 2 is 2.10 bits per heavy atom. The molecule has 0 spiro atoms. The van der Waals surface area contributed by atoms with E-state index in [-0.39, 0.29) is 24.2 Å². The van der Waals surface area contributed by atoms with Crippen molar-refractivity contribution < 1.29 is 22.4 Å². The molecule has 0 aliphatic carbocycles. The highest BCUT2D eigenvalue weighted by molar-refractivity contribution is 5.85. The smallest absolute Gasteiger partial charge is 0.376 e. The summed E-state index contributed by atoms with van der Waals surface area (Å²) in [6.07, 6.45) is -0.0788. The fourth-order valence-electron chi connectivity index (χ4n) is 3.54. The van der Waals surface area contributed by atoms with Gasteiger partial charge in [-0.3, -0.25) is 9.89 Å². The van der Waals surface area contributed by atoms with Gasteiger partial charge in [0.1, 0.15) is 18.0 Å². The molecule has 1 amide bonds. The molecule has 1 fully saturated rings. The third kappa shape index (κ3) is 4.84. The van der Waals surface area contributed by atoms with Crippen molar-refractivity contribution in [2.24, 2.45) is 0 Å². The van der Waals surface area contributed by atoms with Crippen LogP contribution in [0.2, 0.25) is 0 Å². The maximum absolute atomic E-state index is 13.5. The first-order valence-electron chi connectivity index (χ1n) is 9.59. The maximum atomic E-state index is 13.5. The van der Waals surface area contributed by atoms with E-state index in [0.717, 1.165) is 30.4 Å². The zero-order valence-electron chi connectivity index (χ0n) is 16.2. The molecule has 1 saturated heterocycles. The van der Waals surface area contributed by atoms with Crippen molar-refractivity contribution in [1.82, 2.24) is 25.1 Å². The quantitative estimate of drug-likeness (QED) is 0.531. The first-order valence-corrected chi connectivity index (χ1v) is 9.59. The van der Waals surface area contributed by atoms with Crippen molar-refractivity contribution in [3.63, 3.8) is 0 Å². The lowest BCUT2D eigenvalue weighted by Crippen LogP contribution is -2.47. The van der Waals surface area contributed by atoms with Crippen molar-refractivity contribution in [1.29, 1.82) is 0 Å². The molecule has 0 bridgehead atoms. The summed E-state index contributed by atoms with van der Waals surface area (Å²) >= 11 is 0. The molecule has 1 atom stereocenters. The van der Waals surface area contributed by atoms with Gasteiger partial charge in [0.15, 0.2) is 5.65 Å². The molecule has 0 unspecified atom stereocenters. The Labute approximate surface area is 174 Å². The summed E-state index contributed by atoms with van der Waals surface area (Å²) < 4.78 is 52.1. The second-order valence-electron chi connectivity index (χ2n) is 7.26. The SMILES string of the molecule is O=C(CNc1cc(F)cc(C(F)(F)F)c1)N1CCC[C@H](Nc2ncnc3[nH]ncc23)C1. The molecule has 0 radical (unpaired) electrons. The van der Waals surface area contributed by atoms with Crippen LogP contribution in [0.15, 0.2) is 30.7 Å². The highest BCUT2D eigenvalue weighted by Gasteiger charge is 2.31. The van der Waals surface area contributed by atoms with E-state index in [0.29, 0.717) is 30.6 Å². The number of alkyl halides is 3. The van der Waals surface area contributed by atoms with Crippen LogP contribution in [0.4, 0.5) is 29.1 Å². The summed E-state index contributed by atoms with van der Waals surface area (Å²) in [5.41, 5.74) is -0.616. The number of piperidine rings is 1. The van der Waals surface area contributed by atoms with Crippen molar-refractivity contribution in [3.8, 4) is 0 Å². The number of rotatable bonds is 5. The van der Waals surface area contributed by atoms with Gasteiger partial charge in [0.05, 0.1) is 23.7 Å². The minimum atomic E-state index is -4.67. The van der Waals surface area contributed by atoms with Crippen LogP contribution >= 0.6 is 0 Å². The van der Waals surface area contributed by atoms with Gasteiger partial charge in [-0.05, 0) is 31.0 Å². The number of nitrogens with zero attached hydrogens (tertiary/aromatic N) is 4. The second kappa shape index (κ2) is 8.36. The van der Waals surface area contributed by atoms with Crippen LogP contribution in [0.3, 0.4) is 0 Å².